The van der Waals surface area contributed by atoms with Gasteiger partial charge in [0.05, 0.1) is 7.11 Å². The van der Waals surface area contributed by atoms with Crippen molar-refractivity contribution in [2.45, 2.75) is 32.2 Å². The molecule has 114 valence electrons. The van der Waals surface area contributed by atoms with Gasteiger partial charge in [-0.2, -0.15) is 0 Å². The van der Waals surface area contributed by atoms with Crippen molar-refractivity contribution in [2.75, 3.05) is 13.7 Å². The third-order valence-corrected chi connectivity index (χ3v) is 5.41. The summed E-state index contributed by atoms with van der Waals surface area (Å²) < 4.78 is 6.69. The van der Waals surface area contributed by atoms with Crippen LogP contribution in [0.3, 0.4) is 0 Å². The molecule has 1 unspecified atom stereocenters. The van der Waals surface area contributed by atoms with E-state index in [9.17, 15) is 0 Å². The molecule has 0 aliphatic heterocycles. The fraction of sp³-hybridized carbons (Fsp3) is 0.412. The van der Waals surface area contributed by atoms with Gasteiger partial charge in [0.25, 0.3) is 0 Å². The molecule has 2 aromatic rings. The van der Waals surface area contributed by atoms with Gasteiger partial charge in [0.1, 0.15) is 5.75 Å². The number of benzene rings is 1. The molecule has 0 radical (unpaired) electrons. The normalized spacial score (nSPS) is 12.3. The highest BCUT2D eigenvalue weighted by Gasteiger charge is 2.14. The average molecular weight is 368 g/mol. The van der Waals surface area contributed by atoms with Crippen molar-refractivity contribution < 1.29 is 4.74 Å². The molecule has 0 saturated heterocycles. The predicted octanol–water partition coefficient (Wildman–Crippen LogP) is 4.67. The van der Waals surface area contributed by atoms with Crippen LogP contribution in [0.1, 0.15) is 23.8 Å². The zero-order valence-corrected chi connectivity index (χ0v) is 15.0. The smallest absolute Gasteiger partial charge is 0.122 e. The van der Waals surface area contributed by atoms with Gasteiger partial charge in [0.2, 0.25) is 0 Å². The molecule has 2 rings (SSSR count). The van der Waals surface area contributed by atoms with Crippen molar-refractivity contribution in [3.63, 3.8) is 0 Å². The van der Waals surface area contributed by atoms with Crippen LogP contribution in [0.5, 0.6) is 5.75 Å². The highest BCUT2D eigenvalue weighted by Crippen LogP contribution is 2.26. The Morgan fingerprint density at radius 3 is 2.71 bits per heavy atom. The molecule has 1 aromatic carbocycles. The van der Waals surface area contributed by atoms with E-state index in [1.165, 1.54) is 14.9 Å². The Morgan fingerprint density at radius 2 is 2.05 bits per heavy atom. The van der Waals surface area contributed by atoms with Crippen molar-refractivity contribution in [3.8, 4) is 5.75 Å². The highest BCUT2D eigenvalue weighted by atomic mass is 79.9. The van der Waals surface area contributed by atoms with E-state index in [0.29, 0.717) is 6.04 Å². The van der Waals surface area contributed by atoms with Crippen molar-refractivity contribution in [3.05, 3.63) is 50.6 Å². The van der Waals surface area contributed by atoms with E-state index in [-0.39, 0.29) is 0 Å². The lowest BCUT2D eigenvalue weighted by atomic mass is 10.0. The summed E-state index contributed by atoms with van der Waals surface area (Å²) in [5, 5.41) is 5.80. The van der Waals surface area contributed by atoms with Gasteiger partial charge in [-0.15, -0.1) is 11.3 Å². The quantitative estimate of drug-likeness (QED) is 0.731. The summed E-state index contributed by atoms with van der Waals surface area (Å²) in [6.45, 7) is 3.25. The molecule has 1 atom stereocenters. The van der Waals surface area contributed by atoms with Crippen LogP contribution in [0.15, 0.2) is 40.2 Å². The lowest BCUT2D eigenvalue weighted by Gasteiger charge is -2.19. The lowest BCUT2D eigenvalue weighted by molar-refractivity contribution is 0.404. The van der Waals surface area contributed by atoms with E-state index in [0.717, 1.165) is 31.6 Å². The van der Waals surface area contributed by atoms with Crippen LogP contribution in [0.4, 0.5) is 0 Å². The third-order valence-electron chi connectivity index (χ3n) is 3.46. The summed E-state index contributed by atoms with van der Waals surface area (Å²) >= 11 is 5.45. The van der Waals surface area contributed by atoms with Crippen molar-refractivity contribution in [1.29, 1.82) is 0 Å². The van der Waals surface area contributed by atoms with Gasteiger partial charge >= 0.3 is 0 Å². The van der Waals surface area contributed by atoms with Crippen LogP contribution in [-0.2, 0) is 12.8 Å². The number of hydrogen-bond acceptors (Lipinski definition) is 3. The summed E-state index contributed by atoms with van der Waals surface area (Å²) in [6, 6.07) is 10.8. The molecule has 2 nitrogen and oxygen atoms in total. The van der Waals surface area contributed by atoms with Crippen LogP contribution in [-0.4, -0.2) is 19.7 Å². The topological polar surface area (TPSA) is 21.3 Å². The van der Waals surface area contributed by atoms with Gasteiger partial charge in [-0.05, 0) is 64.8 Å². The Kier molecular flexibility index (Phi) is 6.74. The molecule has 21 heavy (non-hydrogen) atoms. The molecule has 0 aliphatic carbocycles. The number of methoxy groups -OCH3 is 1. The molecule has 0 spiro atoms. The van der Waals surface area contributed by atoms with Gasteiger partial charge in [0.15, 0.2) is 0 Å². The van der Waals surface area contributed by atoms with Crippen LogP contribution in [0.2, 0.25) is 0 Å². The van der Waals surface area contributed by atoms with E-state index in [1.807, 2.05) is 23.5 Å². The Balaban J connectivity index is 2.10. The first-order chi connectivity index (χ1) is 10.2. The monoisotopic (exact) mass is 367 g/mol. The zero-order valence-electron chi connectivity index (χ0n) is 12.6. The van der Waals surface area contributed by atoms with E-state index in [2.05, 4.69) is 51.7 Å². The number of para-hydroxylation sites is 1. The molecular formula is C17H22BrNOS. The van der Waals surface area contributed by atoms with Crippen LogP contribution in [0, 0.1) is 0 Å². The van der Waals surface area contributed by atoms with Crippen LogP contribution < -0.4 is 10.1 Å². The third kappa shape index (κ3) is 4.83. The van der Waals surface area contributed by atoms with Gasteiger partial charge < -0.3 is 10.1 Å². The van der Waals surface area contributed by atoms with E-state index in [4.69, 9.17) is 4.74 Å². The Labute approximate surface area is 139 Å². The standard InChI is InChI=1S/C17H22BrNOS/c1-3-9-19-14(12-17-15(18)8-10-21-17)11-13-6-4-5-7-16(13)20-2/h4-8,10,14,19H,3,9,11-12H2,1-2H3. The largest absolute Gasteiger partial charge is 0.496 e. The second-order valence-electron chi connectivity index (χ2n) is 5.06. The van der Waals surface area contributed by atoms with Gasteiger partial charge in [-0.25, -0.2) is 0 Å². The maximum atomic E-state index is 5.48. The van der Waals surface area contributed by atoms with Gasteiger partial charge in [0, 0.05) is 15.4 Å². The predicted molar refractivity (Wildman–Crippen MR) is 94.5 cm³/mol. The van der Waals surface area contributed by atoms with Crippen LogP contribution >= 0.6 is 27.3 Å². The molecule has 4 heteroatoms. The minimum absolute atomic E-state index is 0.427. The number of thiophene rings is 1. The van der Waals surface area contributed by atoms with Gasteiger partial charge in [-0.3, -0.25) is 0 Å². The molecule has 0 aliphatic rings. The van der Waals surface area contributed by atoms with Crippen molar-refractivity contribution >= 4 is 27.3 Å². The summed E-state index contributed by atoms with van der Waals surface area (Å²) in [6.07, 6.45) is 3.17. The SMILES string of the molecule is CCCNC(Cc1ccccc1OC)Cc1sccc1Br. The van der Waals surface area contributed by atoms with E-state index >= 15 is 0 Å². The molecule has 0 amide bonds. The lowest BCUT2D eigenvalue weighted by Crippen LogP contribution is -2.33. The maximum absolute atomic E-state index is 5.48. The van der Waals surface area contributed by atoms with E-state index < -0.39 is 0 Å². The zero-order chi connectivity index (χ0) is 15.1. The summed E-state index contributed by atoms with van der Waals surface area (Å²) in [5.41, 5.74) is 1.27. The number of halogens is 1. The fourth-order valence-electron chi connectivity index (χ4n) is 2.40. The minimum Gasteiger partial charge on any atom is -0.496 e. The first-order valence-corrected chi connectivity index (χ1v) is 8.99. The molecule has 0 bridgehead atoms. The Morgan fingerprint density at radius 1 is 1.24 bits per heavy atom. The Hall–Kier alpha value is -0.840. The first-order valence-electron chi connectivity index (χ1n) is 7.31. The Bertz CT molecular complexity index is 555. The number of rotatable bonds is 8. The second-order valence-corrected chi connectivity index (χ2v) is 6.92. The number of nitrogens with one attached hydrogen (secondary N) is 1. The summed E-state index contributed by atoms with van der Waals surface area (Å²) in [7, 11) is 1.74. The minimum atomic E-state index is 0.427. The second kappa shape index (κ2) is 8.57. The molecule has 1 heterocycles. The van der Waals surface area contributed by atoms with Crippen molar-refractivity contribution in [1.82, 2.24) is 5.32 Å². The molecule has 0 saturated carbocycles. The molecule has 1 aromatic heterocycles. The molecule has 1 N–H and O–H groups in total. The molecule has 0 fully saturated rings. The average Bonchev–Trinajstić information content (AvgIpc) is 2.90. The highest BCUT2D eigenvalue weighted by molar-refractivity contribution is 9.10. The maximum Gasteiger partial charge on any atom is 0.122 e. The van der Waals surface area contributed by atoms with Crippen molar-refractivity contribution in [2.24, 2.45) is 0 Å². The molecular weight excluding hydrogens is 346 g/mol. The van der Waals surface area contributed by atoms with Gasteiger partial charge in [-0.1, -0.05) is 25.1 Å². The summed E-state index contributed by atoms with van der Waals surface area (Å²) in [5.74, 6) is 0.978. The van der Waals surface area contributed by atoms with Crippen LogP contribution in [0.25, 0.3) is 0 Å². The first kappa shape index (κ1) is 16.5. The fourth-order valence-corrected chi connectivity index (χ4v) is 3.99. The number of hydrogen-bond donors (Lipinski definition) is 1. The van der Waals surface area contributed by atoms with E-state index in [1.54, 1.807) is 7.11 Å². The summed E-state index contributed by atoms with van der Waals surface area (Å²) in [4.78, 5) is 1.40. The number of ether oxygens (including phenoxy) is 1.